The number of hydrogen-bond donors (Lipinski definition) is 2. The fourth-order valence-electron chi connectivity index (χ4n) is 3.59. The molecule has 3 aliphatic rings. The minimum absolute atomic E-state index is 0.304. The maximum absolute atomic E-state index is 13.3. The fraction of sp³-hybridized carbons (Fsp3) is 0.706. The lowest BCUT2D eigenvalue weighted by Crippen LogP contribution is -2.57. The maximum atomic E-state index is 13.3. The summed E-state index contributed by atoms with van der Waals surface area (Å²) < 4.78 is 18.9. The Bertz CT molecular complexity index is 565. The van der Waals surface area contributed by atoms with E-state index >= 15 is 0 Å². The number of alkyl halides is 1. The van der Waals surface area contributed by atoms with E-state index in [4.69, 9.17) is 9.57 Å². The van der Waals surface area contributed by atoms with E-state index in [0.29, 0.717) is 38.2 Å². The number of nitrogens with zero attached hydrogens (tertiary/aromatic N) is 2. The quantitative estimate of drug-likeness (QED) is 0.745. The van der Waals surface area contributed by atoms with Crippen LogP contribution in [0.4, 0.5) is 4.39 Å². The normalized spacial score (nSPS) is 35.0. The Morgan fingerprint density at radius 1 is 1.50 bits per heavy atom. The van der Waals surface area contributed by atoms with E-state index < -0.39 is 30.2 Å². The van der Waals surface area contributed by atoms with Crippen molar-refractivity contribution in [2.75, 3.05) is 13.2 Å². The maximum Gasteiger partial charge on any atom is 0.226 e. The number of rotatable bonds is 5. The molecule has 2 N–H and O–H groups in total. The van der Waals surface area contributed by atoms with Gasteiger partial charge in [0.15, 0.2) is 11.6 Å². The smallest absolute Gasteiger partial charge is 0.226 e. The molecule has 0 aromatic heterocycles. The Hall–Kier alpha value is -1.44. The Labute approximate surface area is 141 Å². The summed E-state index contributed by atoms with van der Waals surface area (Å²) in [5, 5.41) is 25.3. The van der Waals surface area contributed by atoms with E-state index in [2.05, 4.69) is 5.16 Å². The second kappa shape index (κ2) is 6.82. The molecule has 0 saturated carbocycles. The summed E-state index contributed by atoms with van der Waals surface area (Å²) in [4.78, 5) is 7.41. The monoisotopic (exact) mass is 340 g/mol. The summed E-state index contributed by atoms with van der Waals surface area (Å²) in [5.74, 6) is -1.29. The predicted molar refractivity (Wildman–Crippen MR) is 86.7 cm³/mol. The number of amidine groups is 1. The van der Waals surface area contributed by atoms with Crippen LogP contribution >= 0.6 is 0 Å². The molecule has 1 aliphatic carbocycles. The number of halogens is 1. The minimum Gasteiger partial charge on any atom is -0.391 e. The summed E-state index contributed by atoms with van der Waals surface area (Å²) in [5.41, 5.74) is 0.812. The molecule has 0 radical (unpaired) electrons. The third-order valence-corrected chi connectivity index (χ3v) is 4.86. The lowest BCUT2D eigenvalue weighted by Gasteiger charge is -2.43. The second-order valence-corrected chi connectivity index (χ2v) is 6.45. The predicted octanol–water partition coefficient (Wildman–Crippen LogP) is 1.70. The molecule has 0 spiro atoms. The van der Waals surface area contributed by atoms with E-state index in [1.807, 2.05) is 18.7 Å². The van der Waals surface area contributed by atoms with Crippen molar-refractivity contribution in [3.05, 3.63) is 23.8 Å². The number of oxime groups is 1. The van der Waals surface area contributed by atoms with Crippen molar-refractivity contribution in [3.63, 3.8) is 0 Å². The first-order chi connectivity index (χ1) is 11.5. The van der Waals surface area contributed by atoms with Crippen molar-refractivity contribution in [1.29, 1.82) is 0 Å². The van der Waals surface area contributed by atoms with Crippen molar-refractivity contribution >= 4 is 5.84 Å². The van der Waals surface area contributed by atoms with Gasteiger partial charge in [0.2, 0.25) is 6.23 Å². The van der Waals surface area contributed by atoms with E-state index in [1.165, 1.54) is 6.08 Å². The van der Waals surface area contributed by atoms with Gasteiger partial charge in [-0.15, -0.1) is 0 Å². The fourth-order valence-corrected chi connectivity index (χ4v) is 3.59. The van der Waals surface area contributed by atoms with Gasteiger partial charge < -0.3 is 24.7 Å². The van der Waals surface area contributed by atoms with Crippen LogP contribution in [0.25, 0.3) is 0 Å². The van der Waals surface area contributed by atoms with Gasteiger partial charge in [0.1, 0.15) is 6.17 Å². The Morgan fingerprint density at radius 2 is 2.29 bits per heavy atom. The molecule has 3 rings (SSSR count). The lowest BCUT2D eigenvalue weighted by molar-refractivity contribution is -0.230. The number of allylic oxidation sites excluding steroid dienone is 2. The van der Waals surface area contributed by atoms with Gasteiger partial charge >= 0.3 is 0 Å². The highest BCUT2D eigenvalue weighted by Gasteiger charge is 2.50. The highest BCUT2D eigenvalue weighted by atomic mass is 19.1. The topological polar surface area (TPSA) is 74.5 Å². The number of piperidine rings is 1. The number of ether oxygens (including phenoxy) is 1. The van der Waals surface area contributed by atoms with Crippen molar-refractivity contribution < 1.29 is 24.2 Å². The van der Waals surface area contributed by atoms with Gasteiger partial charge in [-0.3, -0.25) is 0 Å². The Balaban J connectivity index is 1.83. The summed E-state index contributed by atoms with van der Waals surface area (Å²) in [7, 11) is 0. The molecule has 7 heteroatoms. The summed E-state index contributed by atoms with van der Waals surface area (Å²) in [6.07, 6.45) is 3.93. The van der Waals surface area contributed by atoms with Crippen LogP contribution < -0.4 is 0 Å². The minimum atomic E-state index is -1.40. The molecule has 6 nitrogen and oxygen atoms in total. The zero-order valence-electron chi connectivity index (χ0n) is 14.1. The first-order valence-electron chi connectivity index (χ1n) is 8.55. The molecule has 134 valence electrons. The van der Waals surface area contributed by atoms with Crippen molar-refractivity contribution in [1.82, 2.24) is 4.90 Å². The van der Waals surface area contributed by atoms with Crippen LogP contribution in [0.15, 0.2) is 29.0 Å². The average molecular weight is 340 g/mol. The number of aliphatic hydroxyl groups is 2. The van der Waals surface area contributed by atoms with Crippen molar-refractivity contribution in [2.45, 2.75) is 57.4 Å². The lowest BCUT2D eigenvalue weighted by atomic mass is 9.85. The third-order valence-electron chi connectivity index (χ3n) is 4.86. The largest absolute Gasteiger partial charge is 0.391 e. The highest BCUT2D eigenvalue weighted by molar-refractivity contribution is 5.87. The molecule has 2 aliphatic heterocycles. The van der Waals surface area contributed by atoms with Crippen molar-refractivity contribution in [2.24, 2.45) is 11.1 Å². The summed E-state index contributed by atoms with van der Waals surface area (Å²) >= 11 is 0. The standard InChI is InChI=1S/C17H25FN2O4/c1-3-17(22,23-4-2)14-9-13(21)10-20-15(14)19-24-16(20)11-5-7-12(18)8-6-11/h5-7,12-14,16,21-22H,3-4,8-10H2,1-2H3. The van der Waals surface area contributed by atoms with Crippen LogP contribution in [0, 0.1) is 5.92 Å². The van der Waals surface area contributed by atoms with Crippen LogP contribution in [0.2, 0.25) is 0 Å². The first kappa shape index (κ1) is 17.4. The third kappa shape index (κ3) is 3.08. The molecule has 0 aromatic rings. The Morgan fingerprint density at radius 3 is 2.92 bits per heavy atom. The highest BCUT2D eigenvalue weighted by Crippen LogP contribution is 2.38. The van der Waals surface area contributed by atoms with Gasteiger partial charge in [-0.2, -0.15) is 0 Å². The molecule has 0 bridgehead atoms. The molecule has 0 amide bonds. The van der Waals surface area contributed by atoms with E-state index in [0.717, 1.165) is 5.57 Å². The molecule has 5 unspecified atom stereocenters. The van der Waals surface area contributed by atoms with Gasteiger partial charge in [-0.25, -0.2) is 4.39 Å². The van der Waals surface area contributed by atoms with Gasteiger partial charge in [0, 0.05) is 25.1 Å². The van der Waals surface area contributed by atoms with Gasteiger partial charge in [0.05, 0.1) is 12.0 Å². The van der Waals surface area contributed by atoms with Crippen LogP contribution in [-0.2, 0) is 9.57 Å². The second-order valence-electron chi connectivity index (χ2n) is 6.45. The molecule has 5 atom stereocenters. The molecular weight excluding hydrogens is 315 g/mol. The molecule has 0 aromatic carbocycles. The SMILES string of the molecule is CCOC(O)(CC)C1CC(O)CN2C1=NOC2C1=CCC(F)C=C1. The number of fused-ring (bicyclic) bond motifs is 1. The molecule has 1 saturated heterocycles. The van der Waals surface area contributed by atoms with Crippen LogP contribution in [0.1, 0.15) is 33.1 Å². The van der Waals surface area contributed by atoms with Crippen LogP contribution in [0.5, 0.6) is 0 Å². The number of aliphatic hydroxyl groups excluding tert-OH is 1. The molecule has 1 fully saturated rings. The zero-order chi connectivity index (χ0) is 17.3. The van der Waals surface area contributed by atoms with Crippen molar-refractivity contribution in [3.8, 4) is 0 Å². The summed E-state index contributed by atoms with van der Waals surface area (Å²) in [6, 6.07) is 0. The van der Waals surface area contributed by atoms with E-state index in [9.17, 15) is 14.6 Å². The van der Waals surface area contributed by atoms with E-state index in [-0.39, 0.29) is 0 Å². The zero-order valence-corrected chi connectivity index (χ0v) is 14.1. The molecular formula is C17H25FN2O4. The van der Waals surface area contributed by atoms with Gasteiger partial charge in [0.25, 0.3) is 0 Å². The summed E-state index contributed by atoms with van der Waals surface area (Å²) in [6.45, 7) is 4.37. The molecule has 2 heterocycles. The Kier molecular flexibility index (Phi) is 4.94. The van der Waals surface area contributed by atoms with Crippen LogP contribution in [0.3, 0.4) is 0 Å². The number of hydrogen-bond acceptors (Lipinski definition) is 6. The molecule has 24 heavy (non-hydrogen) atoms. The first-order valence-corrected chi connectivity index (χ1v) is 8.55. The van der Waals surface area contributed by atoms with Crippen LogP contribution in [-0.4, -0.2) is 58.4 Å². The van der Waals surface area contributed by atoms with Gasteiger partial charge in [-0.1, -0.05) is 24.2 Å². The van der Waals surface area contributed by atoms with Gasteiger partial charge in [-0.05, 0) is 25.8 Å². The van der Waals surface area contributed by atoms with E-state index in [1.54, 1.807) is 12.2 Å². The average Bonchev–Trinajstić information content (AvgIpc) is 2.98.